The van der Waals surface area contributed by atoms with Gasteiger partial charge in [0.05, 0.1) is 6.54 Å². The van der Waals surface area contributed by atoms with Crippen molar-refractivity contribution in [2.75, 3.05) is 6.54 Å². The van der Waals surface area contributed by atoms with Gasteiger partial charge in [-0.2, -0.15) is 0 Å². The van der Waals surface area contributed by atoms with E-state index >= 15 is 0 Å². The second-order valence-corrected chi connectivity index (χ2v) is 7.88. The van der Waals surface area contributed by atoms with Crippen molar-refractivity contribution < 1.29 is 4.79 Å². The Balaban J connectivity index is 2.28. The van der Waals surface area contributed by atoms with Crippen molar-refractivity contribution in [3.63, 3.8) is 0 Å². The summed E-state index contributed by atoms with van der Waals surface area (Å²) in [5.74, 6) is 0.147. The molecule has 19 heavy (non-hydrogen) atoms. The van der Waals surface area contributed by atoms with Gasteiger partial charge in [-0.25, -0.2) is 0 Å². The Kier molecular flexibility index (Phi) is 5.84. The van der Waals surface area contributed by atoms with Crippen molar-refractivity contribution >= 4 is 5.91 Å². The van der Waals surface area contributed by atoms with Crippen LogP contribution in [0.15, 0.2) is 0 Å². The molecule has 0 radical (unpaired) electrons. The van der Waals surface area contributed by atoms with Crippen LogP contribution in [-0.4, -0.2) is 24.0 Å². The molecule has 0 aromatic rings. The predicted molar refractivity (Wildman–Crippen MR) is 81.2 cm³/mol. The molecule has 2 N–H and O–H groups in total. The summed E-state index contributed by atoms with van der Waals surface area (Å²) in [7, 11) is 0. The van der Waals surface area contributed by atoms with Crippen LogP contribution in [0, 0.1) is 5.41 Å². The van der Waals surface area contributed by atoms with E-state index in [2.05, 4.69) is 45.3 Å². The molecule has 3 nitrogen and oxygen atoms in total. The Bertz CT molecular complexity index is 286. The largest absolute Gasteiger partial charge is 0.352 e. The third kappa shape index (κ3) is 7.56. The van der Waals surface area contributed by atoms with Crippen LogP contribution < -0.4 is 10.6 Å². The molecular formula is C16H32N2O. The summed E-state index contributed by atoms with van der Waals surface area (Å²) in [6.45, 7) is 11.5. The van der Waals surface area contributed by atoms with Gasteiger partial charge in [-0.05, 0) is 38.5 Å². The van der Waals surface area contributed by atoms with Crippen LogP contribution in [0.4, 0.5) is 0 Å². The maximum atomic E-state index is 11.9. The zero-order valence-electron chi connectivity index (χ0n) is 13.4. The molecule has 1 saturated carbocycles. The van der Waals surface area contributed by atoms with Crippen molar-refractivity contribution in [1.29, 1.82) is 0 Å². The molecule has 1 rings (SSSR count). The van der Waals surface area contributed by atoms with Crippen LogP contribution in [0.2, 0.25) is 0 Å². The van der Waals surface area contributed by atoms with E-state index in [1.54, 1.807) is 0 Å². The van der Waals surface area contributed by atoms with Crippen LogP contribution in [-0.2, 0) is 4.79 Å². The summed E-state index contributed by atoms with van der Waals surface area (Å²) < 4.78 is 0. The molecule has 1 amide bonds. The first-order chi connectivity index (χ1) is 8.68. The first-order valence-corrected chi connectivity index (χ1v) is 7.72. The molecule has 0 saturated heterocycles. The minimum Gasteiger partial charge on any atom is -0.352 e. The summed E-state index contributed by atoms with van der Waals surface area (Å²) in [4.78, 5) is 11.9. The molecule has 112 valence electrons. The number of hydrogen-bond acceptors (Lipinski definition) is 2. The van der Waals surface area contributed by atoms with Gasteiger partial charge in [-0.15, -0.1) is 0 Å². The highest BCUT2D eigenvalue weighted by atomic mass is 16.2. The van der Waals surface area contributed by atoms with E-state index in [0.717, 1.165) is 19.3 Å². The molecule has 0 bridgehead atoms. The Labute approximate surface area is 118 Å². The zero-order chi connectivity index (χ0) is 14.5. The fourth-order valence-electron chi connectivity index (χ4n) is 3.23. The molecule has 0 unspecified atom stereocenters. The van der Waals surface area contributed by atoms with E-state index in [9.17, 15) is 4.79 Å². The number of rotatable bonds is 5. The van der Waals surface area contributed by atoms with E-state index in [1.165, 1.54) is 19.3 Å². The van der Waals surface area contributed by atoms with Crippen molar-refractivity contribution in [3.8, 4) is 0 Å². The summed E-state index contributed by atoms with van der Waals surface area (Å²) >= 11 is 0. The van der Waals surface area contributed by atoms with Gasteiger partial charge >= 0.3 is 0 Å². The highest BCUT2D eigenvalue weighted by Crippen LogP contribution is 2.26. The second kappa shape index (κ2) is 6.74. The monoisotopic (exact) mass is 268 g/mol. The van der Waals surface area contributed by atoms with Crippen LogP contribution in [0.5, 0.6) is 0 Å². The summed E-state index contributed by atoms with van der Waals surface area (Å²) in [5, 5.41) is 6.55. The molecule has 0 heterocycles. The van der Waals surface area contributed by atoms with Gasteiger partial charge in [0, 0.05) is 11.6 Å². The number of hydrogen-bond donors (Lipinski definition) is 2. The average Bonchev–Trinajstić information content (AvgIpc) is 2.25. The normalized spacial score (nSPS) is 18.4. The lowest BCUT2D eigenvalue weighted by Gasteiger charge is -2.33. The topological polar surface area (TPSA) is 41.1 Å². The fraction of sp³-hybridized carbons (Fsp3) is 0.938. The lowest BCUT2D eigenvalue weighted by Crippen LogP contribution is -2.49. The SMILES string of the molecule is CC(C)(C)CC(C)(C)NCC(=O)NC1CCCCC1. The molecule has 0 atom stereocenters. The Morgan fingerprint density at radius 1 is 1.05 bits per heavy atom. The van der Waals surface area contributed by atoms with Gasteiger partial charge < -0.3 is 10.6 Å². The first-order valence-electron chi connectivity index (χ1n) is 7.72. The molecule has 0 aliphatic heterocycles. The average molecular weight is 268 g/mol. The first kappa shape index (κ1) is 16.5. The summed E-state index contributed by atoms with van der Waals surface area (Å²) in [6, 6.07) is 0.411. The Morgan fingerprint density at radius 3 is 2.16 bits per heavy atom. The minimum absolute atomic E-state index is 0.00214. The lowest BCUT2D eigenvalue weighted by molar-refractivity contribution is -0.121. The highest BCUT2D eigenvalue weighted by molar-refractivity contribution is 5.78. The van der Waals surface area contributed by atoms with Gasteiger partial charge in [0.1, 0.15) is 0 Å². The molecule has 1 aliphatic rings. The molecule has 3 heteroatoms. The third-order valence-electron chi connectivity index (χ3n) is 3.67. The molecule has 1 aliphatic carbocycles. The van der Waals surface area contributed by atoms with Crippen LogP contribution in [0.1, 0.15) is 73.1 Å². The van der Waals surface area contributed by atoms with Crippen LogP contribution in [0.25, 0.3) is 0 Å². The minimum atomic E-state index is 0.00214. The predicted octanol–water partition coefficient (Wildman–Crippen LogP) is 3.24. The van der Waals surface area contributed by atoms with E-state index in [0.29, 0.717) is 12.6 Å². The molecule has 0 aromatic carbocycles. The van der Waals surface area contributed by atoms with Gasteiger partial charge in [0.2, 0.25) is 5.91 Å². The van der Waals surface area contributed by atoms with Gasteiger partial charge in [-0.3, -0.25) is 4.79 Å². The summed E-state index contributed by atoms with van der Waals surface area (Å²) in [5.41, 5.74) is 0.276. The zero-order valence-corrected chi connectivity index (χ0v) is 13.4. The van der Waals surface area contributed by atoms with Crippen molar-refractivity contribution in [2.45, 2.75) is 84.7 Å². The molecule has 0 aromatic heterocycles. The maximum Gasteiger partial charge on any atom is 0.234 e. The number of nitrogens with one attached hydrogen (secondary N) is 2. The molecule has 0 spiro atoms. The van der Waals surface area contributed by atoms with Crippen molar-refractivity contribution in [2.24, 2.45) is 5.41 Å². The van der Waals surface area contributed by atoms with Crippen LogP contribution in [0.3, 0.4) is 0 Å². The van der Waals surface area contributed by atoms with E-state index in [1.807, 2.05) is 0 Å². The highest BCUT2D eigenvalue weighted by Gasteiger charge is 2.25. The summed E-state index contributed by atoms with van der Waals surface area (Å²) in [6.07, 6.45) is 7.19. The van der Waals surface area contributed by atoms with Crippen LogP contribution >= 0.6 is 0 Å². The Morgan fingerprint density at radius 2 is 1.63 bits per heavy atom. The quantitative estimate of drug-likeness (QED) is 0.803. The van der Waals surface area contributed by atoms with Gasteiger partial charge in [-0.1, -0.05) is 40.0 Å². The molecule has 1 fully saturated rings. The van der Waals surface area contributed by atoms with E-state index in [4.69, 9.17) is 0 Å². The van der Waals surface area contributed by atoms with E-state index < -0.39 is 0 Å². The van der Waals surface area contributed by atoms with E-state index in [-0.39, 0.29) is 16.9 Å². The third-order valence-corrected chi connectivity index (χ3v) is 3.67. The lowest BCUT2D eigenvalue weighted by atomic mass is 9.82. The Hall–Kier alpha value is -0.570. The number of carbonyl (C=O) groups is 1. The maximum absolute atomic E-state index is 11.9. The second-order valence-electron chi connectivity index (χ2n) is 7.88. The number of amides is 1. The van der Waals surface area contributed by atoms with Gasteiger partial charge in [0.15, 0.2) is 0 Å². The van der Waals surface area contributed by atoms with Crippen molar-refractivity contribution in [1.82, 2.24) is 10.6 Å². The molecular weight excluding hydrogens is 236 g/mol. The standard InChI is InChI=1S/C16H32N2O/c1-15(2,3)12-16(4,5)17-11-14(19)18-13-9-7-6-8-10-13/h13,17H,6-12H2,1-5H3,(H,18,19). The smallest absolute Gasteiger partial charge is 0.234 e. The number of carbonyl (C=O) groups excluding carboxylic acids is 1. The van der Waals surface area contributed by atoms with Crippen molar-refractivity contribution in [3.05, 3.63) is 0 Å². The fourth-order valence-corrected chi connectivity index (χ4v) is 3.23. The van der Waals surface area contributed by atoms with Gasteiger partial charge in [0.25, 0.3) is 0 Å².